The van der Waals surface area contributed by atoms with Crippen molar-refractivity contribution in [2.75, 3.05) is 19.7 Å². The number of hydrogen-bond donors (Lipinski definition) is 2. The zero-order valence-corrected chi connectivity index (χ0v) is 9.30. The third-order valence-electron chi connectivity index (χ3n) is 2.32. The maximum atomic E-state index is 11.5. The topological polar surface area (TPSA) is 104 Å². The molecule has 0 aromatic carbocycles. The second-order valence-electron chi connectivity index (χ2n) is 3.42. The molecule has 7 nitrogen and oxygen atoms in total. The average molecular weight is 243 g/mol. The Labute approximate surface area is 97.3 Å². The highest BCUT2D eigenvalue weighted by Gasteiger charge is 2.29. The van der Waals surface area contributed by atoms with Gasteiger partial charge in [-0.25, -0.2) is 9.59 Å². The zero-order chi connectivity index (χ0) is 13.0. The number of carboxylic acid groups (broad SMARTS) is 1. The highest BCUT2D eigenvalue weighted by molar-refractivity contribution is 6.04. The van der Waals surface area contributed by atoms with Crippen LogP contribution in [0.2, 0.25) is 0 Å². The molecular formula is C10H13NO6. The Morgan fingerprint density at radius 3 is 2.59 bits per heavy atom. The predicted molar refractivity (Wildman–Crippen MR) is 55.5 cm³/mol. The molecule has 2 N–H and O–H groups in total. The Bertz CT molecular complexity index is 386. The number of Topliss-reactive ketones (excluding diaryl/α,β-unsaturated/α-hetero) is 1. The number of rotatable bonds is 2. The number of hydrogen-bond acceptors (Lipinski definition) is 5. The number of ether oxygens (including phenoxy) is 1. The van der Waals surface area contributed by atoms with E-state index in [0.29, 0.717) is 0 Å². The van der Waals surface area contributed by atoms with Crippen LogP contribution in [0.15, 0.2) is 11.3 Å². The monoisotopic (exact) mass is 243 g/mol. The number of ketones is 1. The van der Waals surface area contributed by atoms with Crippen molar-refractivity contribution in [1.29, 1.82) is 0 Å². The average Bonchev–Trinajstić information content (AvgIpc) is 2.28. The summed E-state index contributed by atoms with van der Waals surface area (Å²) in [6.45, 7) is 1.39. The molecule has 1 aliphatic rings. The fourth-order valence-corrected chi connectivity index (χ4v) is 1.44. The van der Waals surface area contributed by atoms with Crippen LogP contribution in [0.1, 0.15) is 13.3 Å². The Morgan fingerprint density at radius 2 is 2.06 bits per heavy atom. The molecule has 0 spiro atoms. The Morgan fingerprint density at radius 1 is 1.41 bits per heavy atom. The number of aliphatic hydroxyl groups is 1. The van der Waals surface area contributed by atoms with Crippen molar-refractivity contribution in [3.63, 3.8) is 0 Å². The second kappa shape index (κ2) is 5.33. The third kappa shape index (κ3) is 2.96. The first-order valence-corrected chi connectivity index (χ1v) is 5.07. The van der Waals surface area contributed by atoms with E-state index >= 15 is 0 Å². The molecule has 0 radical (unpaired) electrons. The van der Waals surface area contributed by atoms with Crippen molar-refractivity contribution < 1.29 is 29.3 Å². The van der Waals surface area contributed by atoms with Gasteiger partial charge in [0.25, 0.3) is 0 Å². The smallest absolute Gasteiger partial charge is 0.407 e. The SMILES string of the molecule is CCOC(=O)C(O)=C1CN(C(=O)O)CCC1=O. The van der Waals surface area contributed by atoms with Gasteiger partial charge in [-0.3, -0.25) is 4.79 Å². The Hall–Kier alpha value is -2.05. The van der Waals surface area contributed by atoms with Crippen LogP contribution in [-0.4, -0.2) is 52.7 Å². The molecular weight excluding hydrogens is 230 g/mol. The molecule has 0 unspecified atom stereocenters. The van der Waals surface area contributed by atoms with Crippen LogP contribution < -0.4 is 0 Å². The van der Waals surface area contributed by atoms with Gasteiger partial charge >= 0.3 is 12.1 Å². The lowest BCUT2D eigenvalue weighted by Crippen LogP contribution is -2.40. The highest BCUT2D eigenvalue weighted by Crippen LogP contribution is 2.16. The van der Waals surface area contributed by atoms with E-state index in [0.717, 1.165) is 4.90 Å². The Kier molecular flexibility index (Phi) is 4.08. The van der Waals surface area contributed by atoms with Gasteiger partial charge in [0.1, 0.15) is 0 Å². The summed E-state index contributed by atoms with van der Waals surface area (Å²) in [7, 11) is 0. The molecule has 0 saturated carbocycles. The minimum atomic E-state index is -1.20. The molecule has 0 atom stereocenters. The van der Waals surface area contributed by atoms with Gasteiger partial charge in [0.05, 0.1) is 18.7 Å². The molecule has 17 heavy (non-hydrogen) atoms. The summed E-state index contributed by atoms with van der Waals surface area (Å²) in [6, 6.07) is 0. The number of esters is 1. The quantitative estimate of drug-likeness (QED) is 0.411. The van der Waals surface area contributed by atoms with Crippen molar-refractivity contribution >= 4 is 17.8 Å². The third-order valence-corrected chi connectivity index (χ3v) is 2.32. The van der Waals surface area contributed by atoms with E-state index in [1.54, 1.807) is 6.92 Å². The van der Waals surface area contributed by atoms with Gasteiger partial charge in [-0.2, -0.15) is 0 Å². The number of aliphatic hydroxyl groups excluding tert-OH is 1. The van der Waals surface area contributed by atoms with E-state index in [4.69, 9.17) is 5.11 Å². The van der Waals surface area contributed by atoms with Gasteiger partial charge in [-0.05, 0) is 6.92 Å². The van der Waals surface area contributed by atoms with Crippen molar-refractivity contribution in [2.45, 2.75) is 13.3 Å². The maximum absolute atomic E-state index is 11.5. The number of carbonyl (C=O) groups excluding carboxylic acids is 2. The van der Waals surface area contributed by atoms with E-state index in [2.05, 4.69) is 4.74 Å². The molecule has 1 aliphatic heterocycles. The summed E-state index contributed by atoms with van der Waals surface area (Å²) in [5, 5.41) is 18.3. The number of piperidine rings is 1. The molecule has 1 heterocycles. The van der Waals surface area contributed by atoms with Crippen molar-refractivity contribution in [3.8, 4) is 0 Å². The van der Waals surface area contributed by atoms with E-state index in [-0.39, 0.29) is 31.7 Å². The minimum absolute atomic E-state index is 0.0505. The summed E-state index contributed by atoms with van der Waals surface area (Å²) < 4.78 is 4.54. The molecule has 0 aromatic rings. The van der Waals surface area contributed by atoms with Gasteiger partial charge in [0.2, 0.25) is 5.76 Å². The molecule has 1 saturated heterocycles. The summed E-state index contributed by atoms with van der Waals surface area (Å²) in [4.78, 5) is 34.4. The van der Waals surface area contributed by atoms with E-state index < -0.39 is 23.6 Å². The van der Waals surface area contributed by atoms with Crippen molar-refractivity contribution in [1.82, 2.24) is 4.90 Å². The van der Waals surface area contributed by atoms with Crippen molar-refractivity contribution in [3.05, 3.63) is 11.3 Å². The number of amides is 1. The molecule has 0 aromatic heterocycles. The molecule has 0 aliphatic carbocycles. The van der Waals surface area contributed by atoms with Gasteiger partial charge in [0, 0.05) is 13.0 Å². The largest absolute Gasteiger partial charge is 0.501 e. The van der Waals surface area contributed by atoms with Crippen molar-refractivity contribution in [2.24, 2.45) is 0 Å². The van der Waals surface area contributed by atoms with Crippen LogP contribution in [-0.2, 0) is 14.3 Å². The first-order valence-electron chi connectivity index (χ1n) is 5.07. The lowest BCUT2D eigenvalue weighted by atomic mass is 10.0. The Balaban J connectivity index is 2.92. The van der Waals surface area contributed by atoms with Crippen LogP contribution in [0.5, 0.6) is 0 Å². The predicted octanol–water partition coefficient (Wildman–Crippen LogP) is 0.314. The van der Waals surface area contributed by atoms with Crippen LogP contribution in [0, 0.1) is 0 Å². The van der Waals surface area contributed by atoms with Gasteiger partial charge in [0.15, 0.2) is 5.78 Å². The fraction of sp³-hybridized carbons (Fsp3) is 0.500. The summed E-state index contributed by atoms with van der Waals surface area (Å²) in [5.41, 5.74) is -0.211. The fourth-order valence-electron chi connectivity index (χ4n) is 1.44. The first-order chi connectivity index (χ1) is 7.97. The lowest BCUT2D eigenvalue weighted by molar-refractivity contribution is -0.142. The number of nitrogens with zero attached hydrogens (tertiary/aromatic N) is 1. The van der Waals surface area contributed by atoms with E-state index in [1.807, 2.05) is 0 Å². The molecule has 1 fully saturated rings. The minimum Gasteiger partial charge on any atom is -0.501 e. The second-order valence-corrected chi connectivity index (χ2v) is 3.42. The highest BCUT2D eigenvalue weighted by atomic mass is 16.5. The van der Waals surface area contributed by atoms with Crippen LogP contribution >= 0.6 is 0 Å². The van der Waals surface area contributed by atoms with Crippen LogP contribution in [0.3, 0.4) is 0 Å². The lowest BCUT2D eigenvalue weighted by Gasteiger charge is -2.25. The standard InChI is InChI=1S/C10H13NO6/c1-2-17-9(14)8(13)6-5-11(10(15)16)4-3-7(6)12/h13H,2-5H2,1H3,(H,15,16). The van der Waals surface area contributed by atoms with E-state index in [1.165, 1.54) is 0 Å². The van der Waals surface area contributed by atoms with Gasteiger partial charge in [-0.1, -0.05) is 0 Å². The number of carbonyl (C=O) groups is 3. The molecule has 94 valence electrons. The van der Waals surface area contributed by atoms with Gasteiger partial charge in [-0.15, -0.1) is 0 Å². The molecule has 0 bridgehead atoms. The maximum Gasteiger partial charge on any atom is 0.407 e. The number of likely N-dealkylation sites (tertiary alicyclic amines) is 1. The normalized spacial score (nSPS) is 18.9. The summed E-state index contributed by atoms with van der Waals surface area (Å²) in [5.74, 6) is -2.25. The zero-order valence-electron chi connectivity index (χ0n) is 9.30. The van der Waals surface area contributed by atoms with Gasteiger partial charge < -0.3 is 19.8 Å². The molecule has 1 rings (SSSR count). The summed E-state index contributed by atoms with van der Waals surface area (Å²) in [6.07, 6.45) is -1.25. The van der Waals surface area contributed by atoms with Crippen LogP contribution in [0.4, 0.5) is 4.79 Å². The summed E-state index contributed by atoms with van der Waals surface area (Å²) >= 11 is 0. The first kappa shape index (κ1) is 13.0. The molecule has 1 amide bonds. The van der Waals surface area contributed by atoms with Crippen LogP contribution in [0.25, 0.3) is 0 Å². The molecule has 7 heteroatoms. The van der Waals surface area contributed by atoms with E-state index in [9.17, 15) is 19.5 Å².